The number of thiazole rings is 1. The average molecular weight is 378 g/mol. The Morgan fingerprint density at radius 2 is 1.85 bits per heavy atom. The van der Waals surface area contributed by atoms with Crippen molar-refractivity contribution in [2.24, 2.45) is 0 Å². The van der Waals surface area contributed by atoms with Gasteiger partial charge in [0.25, 0.3) is 5.91 Å². The van der Waals surface area contributed by atoms with Crippen LogP contribution >= 0.6 is 11.3 Å². The Labute approximate surface area is 161 Å². The van der Waals surface area contributed by atoms with Crippen molar-refractivity contribution >= 4 is 34.4 Å². The van der Waals surface area contributed by atoms with Crippen LogP contribution in [0.15, 0.2) is 66.1 Å². The number of carbonyl (C=O) groups excluding carboxylic acids is 2. The molecular formula is C21H18N2O3S. The van der Waals surface area contributed by atoms with E-state index in [4.69, 9.17) is 4.74 Å². The predicted octanol–water partition coefficient (Wildman–Crippen LogP) is 4.31. The first-order valence-corrected chi connectivity index (χ1v) is 9.20. The predicted molar refractivity (Wildman–Crippen MR) is 107 cm³/mol. The molecule has 1 aromatic heterocycles. The van der Waals surface area contributed by atoms with Gasteiger partial charge in [-0.15, -0.1) is 11.3 Å². The van der Waals surface area contributed by atoms with E-state index in [2.05, 4.69) is 10.3 Å². The fraction of sp³-hybridized carbons (Fsp3) is 0.0952. The first kappa shape index (κ1) is 18.5. The Balaban J connectivity index is 1.49. The minimum absolute atomic E-state index is 0.364. The monoisotopic (exact) mass is 378 g/mol. The number of esters is 1. The minimum atomic E-state index is -0.575. The zero-order valence-electron chi connectivity index (χ0n) is 14.7. The first-order valence-electron chi connectivity index (χ1n) is 8.32. The SMILES string of the molecule is Cc1ccc(-c2csc(NC(=O)COC(=O)/C=C/c3ccccc3)n2)cc1. The summed E-state index contributed by atoms with van der Waals surface area (Å²) in [6.45, 7) is 1.66. The standard InChI is InChI=1S/C21H18N2O3S/c1-15-7-10-17(11-8-15)18-14-27-21(22-18)23-19(24)13-26-20(25)12-9-16-5-3-2-4-6-16/h2-12,14H,13H2,1H3,(H,22,23,24)/b12-9+. The molecule has 2 aromatic carbocycles. The number of carbonyl (C=O) groups is 2. The molecule has 0 radical (unpaired) electrons. The van der Waals surface area contributed by atoms with Gasteiger partial charge in [-0.25, -0.2) is 9.78 Å². The Morgan fingerprint density at radius 1 is 1.11 bits per heavy atom. The summed E-state index contributed by atoms with van der Waals surface area (Å²) >= 11 is 1.32. The van der Waals surface area contributed by atoms with Crippen LogP contribution in [0.4, 0.5) is 5.13 Å². The van der Waals surface area contributed by atoms with Gasteiger partial charge in [0.1, 0.15) is 0 Å². The van der Waals surface area contributed by atoms with Gasteiger partial charge in [-0.1, -0.05) is 60.2 Å². The summed E-state index contributed by atoms with van der Waals surface area (Å²) < 4.78 is 4.94. The third-order valence-electron chi connectivity index (χ3n) is 3.65. The Morgan fingerprint density at radius 3 is 2.59 bits per heavy atom. The van der Waals surface area contributed by atoms with Crippen molar-refractivity contribution in [1.82, 2.24) is 4.98 Å². The lowest BCUT2D eigenvalue weighted by Gasteiger charge is -2.02. The van der Waals surface area contributed by atoms with Gasteiger partial charge in [0.05, 0.1) is 5.69 Å². The van der Waals surface area contributed by atoms with E-state index in [0.717, 1.165) is 16.8 Å². The minimum Gasteiger partial charge on any atom is -0.452 e. The molecule has 3 rings (SSSR count). The van der Waals surface area contributed by atoms with Gasteiger partial charge in [-0.3, -0.25) is 10.1 Å². The normalized spacial score (nSPS) is 10.7. The molecule has 0 unspecified atom stereocenters. The van der Waals surface area contributed by atoms with Gasteiger partial charge in [0.2, 0.25) is 0 Å². The Kier molecular flexibility index (Phi) is 6.12. The van der Waals surface area contributed by atoms with Crippen LogP contribution in [-0.2, 0) is 14.3 Å². The zero-order valence-corrected chi connectivity index (χ0v) is 15.5. The van der Waals surface area contributed by atoms with Crippen molar-refractivity contribution in [2.45, 2.75) is 6.92 Å². The number of benzene rings is 2. The highest BCUT2D eigenvalue weighted by Gasteiger charge is 2.09. The van der Waals surface area contributed by atoms with Crippen molar-refractivity contribution in [3.63, 3.8) is 0 Å². The van der Waals surface area contributed by atoms with Crippen LogP contribution < -0.4 is 5.32 Å². The Bertz CT molecular complexity index is 947. The molecule has 3 aromatic rings. The summed E-state index contributed by atoms with van der Waals surface area (Å²) in [5.41, 5.74) is 3.82. The second-order valence-electron chi connectivity index (χ2n) is 5.80. The maximum absolute atomic E-state index is 11.9. The molecule has 1 N–H and O–H groups in total. The third-order valence-corrected chi connectivity index (χ3v) is 4.41. The number of aryl methyl sites for hydroxylation is 1. The van der Waals surface area contributed by atoms with Crippen molar-refractivity contribution in [3.05, 3.63) is 77.2 Å². The number of hydrogen-bond donors (Lipinski definition) is 1. The lowest BCUT2D eigenvalue weighted by molar-refractivity contribution is -0.142. The van der Waals surface area contributed by atoms with Gasteiger partial charge >= 0.3 is 5.97 Å². The molecule has 0 aliphatic carbocycles. The first-order chi connectivity index (χ1) is 13.1. The van der Waals surface area contributed by atoms with E-state index < -0.39 is 11.9 Å². The highest BCUT2D eigenvalue weighted by atomic mass is 32.1. The molecule has 0 aliphatic rings. The van der Waals surface area contributed by atoms with E-state index in [9.17, 15) is 9.59 Å². The number of nitrogens with zero attached hydrogens (tertiary/aromatic N) is 1. The number of aromatic nitrogens is 1. The van der Waals surface area contributed by atoms with E-state index in [-0.39, 0.29) is 6.61 Å². The second kappa shape index (κ2) is 8.91. The summed E-state index contributed by atoms with van der Waals surface area (Å²) in [7, 11) is 0. The number of anilines is 1. The molecule has 0 fully saturated rings. The van der Waals surface area contributed by atoms with Crippen molar-refractivity contribution in [2.75, 3.05) is 11.9 Å². The van der Waals surface area contributed by atoms with Crippen molar-refractivity contribution in [3.8, 4) is 11.3 Å². The third kappa shape index (κ3) is 5.62. The number of amides is 1. The molecule has 0 saturated heterocycles. The maximum Gasteiger partial charge on any atom is 0.331 e. The smallest absolute Gasteiger partial charge is 0.331 e. The highest BCUT2D eigenvalue weighted by molar-refractivity contribution is 7.14. The van der Waals surface area contributed by atoms with Gasteiger partial charge < -0.3 is 4.74 Å². The van der Waals surface area contributed by atoms with Crippen LogP contribution in [0.1, 0.15) is 11.1 Å². The summed E-state index contributed by atoms with van der Waals surface area (Å²) in [6, 6.07) is 17.4. The van der Waals surface area contributed by atoms with Crippen LogP contribution in [0.3, 0.4) is 0 Å². The fourth-order valence-electron chi connectivity index (χ4n) is 2.26. The summed E-state index contributed by atoms with van der Waals surface area (Å²) in [6.07, 6.45) is 2.93. The molecular weight excluding hydrogens is 360 g/mol. The molecule has 27 heavy (non-hydrogen) atoms. The molecule has 0 atom stereocenters. The van der Waals surface area contributed by atoms with Crippen LogP contribution in [0, 0.1) is 6.92 Å². The summed E-state index contributed by atoms with van der Waals surface area (Å²) in [5.74, 6) is -1.00. The number of hydrogen-bond acceptors (Lipinski definition) is 5. The largest absolute Gasteiger partial charge is 0.452 e. The van der Waals surface area contributed by atoms with E-state index in [1.807, 2.05) is 66.9 Å². The van der Waals surface area contributed by atoms with E-state index in [0.29, 0.717) is 5.13 Å². The fourth-order valence-corrected chi connectivity index (χ4v) is 2.99. The molecule has 0 spiro atoms. The topological polar surface area (TPSA) is 68.3 Å². The van der Waals surface area contributed by atoms with E-state index in [1.165, 1.54) is 23.0 Å². The Hall–Kier alpha value is -3.25. The molecule has 0 bridgehead atoms. The summed E-state index contributed by atoms with van der Waals surface area (Å²) in [4.78, 5) is 28.0. The lowest BCUT2D eigenvalue weighted by atomic mass is 10.1. The number of ether oxygens (including phenoxy) is 1. The summed E-state index contributed by atoms with van der Waals surface area (Å²) in [5, 5.41) is 4.97. The maximum atomic E-state index is 11.9. The van der Waals surface area contributed by atoms with Crippen LogP contribution in [-0.4, -0.2) is 23.5 Å². The van der Waals surface area contributed by atoms with Crippen LogP contribution in [0.5, 0.6) is 0 Å². The van der Waals surface area contributed by atoms with Crippen LogP contribution in [0.25, 0.3) is 17.3 Å². The molecule has 6 heteroatoms. The van der Waals surface area contributed by atoms with Gasteiger partial charge in [0, 0.05) is 17.0 Å². The molecule has 136 valence electrons. The quantitative estimate of drug-likeness (QED) is 0.512. The second-order valence-corrected chi connectivity index (χ2v) is 6.66. The number of rotatable bonds is 6. The van der Waals surface area contributed by atoms with Gasteiger partial charge in [-0.2, -0.15) is 0 Å². The molecule has 0 saturated carbocycles. The molecule has 0 aliphatic heterocycles. The van der Waals surface area contributed by atoms with Gasteiger partial charge in [-0.05, 0) is 18.6 Å². The highest BCUT2D eigenvalue weighted by Crippen LogP contribution is 2.25. The zero-order chi connectivity index (χ0) is 19.1. The average Bonchev–Trinajstić information content (AvgIpc) is 3.14. The van der Waals surface area contributed by atoms with Crippen LogP contribution in [0.2, 0.25) is 0 Å². The lowest BCUT2D eigenvalue weighted by Crippen LogP contribution is -2.20. The molecule has 1 amide bonds. The van der Waals surface area contributed by atoms with E-state index >= 15 is 0 Å². The van der Waals surface area contributed by atoms with Crippen molar-refractivity contribution in [1.29, 1.82) is 0 Å². The van der Waals surface area contributed by atoms with Crippen molar-refractivity contribution < 1.29 is 14.3 Å². The van der Waals surface area contributed by atoms with E-state index in [1.54, 1.807) is 6.08 Å². The van der Waals surface area contributed by atoms with Gasteiger partial charge in [0.15, 0.2) is 11.7 Å². The number of nitrogens with one attached hydrogen (secondary N) is 1. The molecule has 5 nitrogen and oxygen atoms in total. The molecule has 1 heterocycles.